The van der Waals surface area contributed by atoms with Gasteiger partial charge in [0, 0.05) is 42.3 Å². The van der Waals surface area contributed by atoms with Crippen molar-refractivity contribution >= 4 is 41.8 Å². The third-order valence-electron chi connectivity index (χ3n) is 14.0. The summed E-state index contributed by atoms with van der Waals surface area (Å²) in [4.78, 5) is 82.1. The summed E-state index contributed by atoms with van der Waals surface area (Å²) in [5.41, 5.74) is -0.578. The van der Waals surface area contributed by atoms with Gasteiger partial charge in [-0.2, -0.15) is 0 Å². The van der Waals surface area contributed by atoms with Gasteiger partial charge in [-0.05, 0) is 191 Å². The zero-order valence-corrected chi connectivity index (χ0v) is 73.9. The molecular formula is C82H169N7O14. The predicted molar refractivity (Wildman–Crippen MR) is 428 cm³/mol. The molecule has 0 aliphatic heterocycles. The van der Waals surface area contributed by atoms with Gasteiger partial charge in [-0.1, -0.05) is 173 Å². The Morgan fingerprint density at radius 2 is 0.495 bits per heavy atom. The summed E-state index contributed by atoms with van der Waals surface area (Å²) >= 11 is 0. The molecular weight excluding hydrogens is 1310 g/mol. The molecule has 0 aromatic rings. The van der Waals surface area contributed by atoms with Crippen molar-refractivity contribution in [3.63, 3.8) is 0 Å². The highest BCUT2D eigenvalue weighted by Crippen LogP contribution is 2.23. The number of hydrogen-bond donors (Lipinski definition) is 7. The average molecular weight is 1480 g/mol. The molecule has 1 rings (SSSR count). The van der Waals surface area contributed by atoms with Gasteiger partial charge in [-0.25, -0.2) is 0 Å². The van der Waals surface area contributed by atoms with Crippen LogP contribution in [0.25, 0.3) is 0 Å². The van der Waals surface area contributed by atoms with Crippen LogP contribution in [0.2, 0.25) is 0 Å². The van der Waals surface area contributed by atoms with E-state index < -0.39 is 5.54 Å². The summed E-state index contributed by atoms with van der Waals surface area (Å²) in [7, 11) is 0. The molecule has 0 radical (unpaired) electrons. The minimum atomic E-state index is -0.578. The van der Waals surface area contributed by atoms with Crippen molar-refractivity contribution in [2.45, 2.75) is 455 Å². The number of carbonyl (C=O) groups excluding carboxylic acids is 7. The van der Waals surface area contributed by atoms with Crippen LogP contribution in [0.1, 0.15) is 328 Å². The number of nitrogens with one attached hydrogen (secondary N) is 7. The monoisotopic (exact) mass is 1480 g/mol. The van der Waals surface area contributed by atoms with E-state index >= 15 is 0 Å². The lowest BCUT2D eigenvalue weighted by atomic mass is 9.97. The van der Waals surface area contributed by atoms with Gasteiger partial charge in [0.25, 0.3) is 0 Å². The molecule has 21 nitrogen and oxygen atoms in total. The van der Waals surface area contributed by atoms with Crippen LogP contribution in [0.4, 0.5) is 0 Å². The highest BCUT2D eigenvalue weighted by molar-refractivity contribution is 5.80. The van der Waals surface area contributed by atoms with Gasteiger partial charge in [0.2, 0.25) is 0 Å². The van der Waals surface area contributed by atoms with Crippen molar-refractivity contribution in [3.05, 3.63) is 0 Å². The van der Waals surface area contributed by atoms with Crippen molar-refractivity contribution < 1.29 is 66.7 Å². The molecule has 1 aliphatic rings. The van der Waals surface area contributed by atoms with Gasteiger partial charge < -0.3 is 70.4 Å². The van der Waals surface area contributed by atoms with E-state index in [0.717, 1.165) is 32.1 Å². The quantitative estimate of drug-likeness (QED) is 0.0225. The molecule has 7 N–H and O–H groups in total. The second kappa shape index (κ2) is 61.0. The first-order valence-corrected chi connectivity index (χ1v) is 39.7. The molecule has 616 valence electrons. The molecule has 0 aromatic carbocycles. The topological polar surface area (TPSA) is 268 Å². The van der Waals surface area contributed by atoms with Crippen LogP contribution >= 0.6 is 0 Å². The molecule has 21 heteroatoms. The molecule has 1 fully saturated rings. The summed E-state index contributed by atoms with van der Waals surface area (Å²) in [6, 6.07) is 0.954. The Bertz CT molecular complexity index is 1930. The molecule has 0 heterocycles. The van der Waals surface area contributed by atoms with E-state index in [2.05, 4.69) is 78.8 Å². The second-order valence-corrected chi connectivity index (χ2v) is 34.1. The van der Waals surface area contributed by atoms with Crippen molar-refractivity contribution in [2.24, 2.45) is 35.5 Å². The summed E-state index contributed by atoms with van der Waals surface area (Å²) < 4.78 is 36.7. The second-order valence-electron chi connectivity index (χ2n) is 34.1. The van der Waals surface area contributed by atoms with Gasteiger partial charge in [0.05, 0.1) is 36.6 Å². The first kappa shape index (κ1) is 110. The lowest BCUT2D eigenvalue weighted by molar-refractivity contribution is -0.158. The van der Waals surface area contributed by atoms with Crippen LogP contribution in [0.15, 0.2) is 0 Å². The van der Waals surface area contributed by atoms with Crippen LogP contribution < -0.4 is 37.2 Å². The van der Waals surface area contributed by atoms with E-state index in [1.54, 1.807) is 0 Å². The Morgan fingerprint density at radius 3 is 0.660 bits per heavy atom. The molecule has 0 amide bonds. The van der Waals surface area contributed by atoms with Crippen LogP contribution in [0.5, 0.6) is 0 Å². The highest BCUT2D eigenvalue weighted by Gasteiger charge is 2.33. The van der Waals surface area contributed by atoms with Gasteiger partial charge in [0.1, 0.15) is 47.9 Å². The molecule has 1 aliphatic carbocycles. The summed E-state index contributed by atoms with van der Waals surface area (Å²) in [5, 5.41) is 22.6. The maximum Gasteiger partial charge on any atom is 0.326 e. The molecule has 103 heavy (non-hydrogen) atoms. The lowest BCUT2D eigenvalue weighted by Gasteiger charge is -2.30. The first-order valence-electron chi connectivity index (χ1n) is 39.7. The van der Waals surface area contributed by atoms with E-state index in [4.69, 9.17) is 33.2 Å². The van der Waals surface area contributed by atoms with Gasteiger partial charge in [-0.15, -0.1) is 0 Å². The Hall–Kier alpha value is -3.99. The number of esters is 7. The number of carbonyl (C=O) groups is 7. The molecule has 0 aromatic heterocycles. The zero-order chi connectivity index (χ0) is 82.1. The maximum absolute atomic E-state index is 12.0. The largest absolute Gasteiger partial charge is 0.462 e. The normalized spacial score (nSPS) is 14.5. The van der Waals surface area contributed by atoms with Gasteiger partial charge in [-0.3, -0.25) is 33.6 Å². The summed E-state index contributed by atoms with van der Waals surface area (Å²) in [6.07, 6.45) is 8.09. The lowest BCUT2D eigenvalue weighted by Crippen LogP contribution is -2.51. The molecule has 1 saturated carbocycles. The molecule has 2 unspecified atom stereocenters. The summed E-state index contributed by atoms with van der Waals surface area (Å²) in [6.45, 7) is 79.4. The fraction of sp³-hybridized carbons (Fsp3) is 0.915. The average Bonchev–Trinajstić information content (AvgIpc) is 0.889. The number of ether oxygens (including phenoxy) is 7. The Morgan fingerprint density at radius 1 is 0.291 bits per heavy atom. The standard InChI is InChI=1S/C13H25NO2.3C12H25NO2.3C11H23NO2/c1-10(2)14-13(3,4)12(15)16-11-8-6-5-7-9-11;3*1-8(2)7-11(13-9(3)4)12(14)15-10(5)6;3*1-7(2)10(12-8(3)4)11(13)14-9(5)6/h10-11,14H,5-9H2,1-4H3;3*8-11,13H,7H2,1-6H3;3*7-10,12H,1-6H3/t;2*11-;;2*10-;/m.10.10./s1. The molecule has 6 atom stereocenters. The van der Waals surface area contributed by atoms with Crippen LogP contribution in [0.3, 0.4) is 0 Å². The van der Waals surface area contributed by atoms with E-state index in [1.165, 1.54) is 19.3 Å². The highest BCUT2D eigenvalue weighted by atomic mass is 16.6. The predicted octanol–water partition coefficient (Wildman–Crippen LogP) is 15.6. The molecule has 0 saturated heterocycles. The fourth-order valence-electron chi connectivity index (χ4n) is 10.1. The van der Waals surface area contributed by atoms with Crippen molar-refractivity contribution in [1.29, 1.82) is 0 Å². The maximum atomic E-state index is 12.0. The van der Waals surface area contributed by atoms with Gasteiger partial charge >= 0.3 is 41.8 Å². The van der Waals surface area contributed by atoms with Crippen molar-refractivity contribution in [3.8, 4) is 0 Å². The zero-order valence-electron chi connectivity index (χ0n) is 73.9. The van der Waals surface area contributed by atoms with E-state index in [1.807, 2.05) is 235 Å². The third-order valence-corrected chi connectivity index (χ3v) is 14.0. The van der Waals surface area contributed by atoms with Crippen molar-refractivity contribution in [1.82, 2.24) is 37.2 Å². The van der Waals surface area contributed by atoms with Crippen molar-refractivity contribution in [2.75, 3.05) is 0 Å². The number of hydrogen-bond acceptors (Lipinski definition) is 21. The van der Waals surface area contributed by atoms with E-state index in [9.17, 15) is 33.6 Å². The number of rotatable bonds is 37. The van der Waals surface area contributed by atoms with Crippen LogP contribution in [-0.2, 0) is 66.7 Å². The Balaban J connectivity index is -0.000000267. The van der Waals surface area contributed by atoms with Gasteiger partial charge in [0.15, 0.2) is 0 Å². The molecule has 0 spiro atoms. The minimum Gasteiger partial charge on any atom is -0.462 e. The first-order chi connectivity index (χ1) is 46.9. The smallest absolute Gasteiger partial charge is 0.326 e. The minimum absolute atomic E-state index is 0.0406. The fourth-order valence-corrected chi connectivity index (χ4v) is 10.1. The molecule has 0 bridgehead atoms. The Kier molecular flexibility index (Phi) is 65.1. The summed E-state index contributed by atoms with van der Waals surface area (Å²) in [5.74, 6) is 1.26. The van der Waals surface area contributed by atoms with Crippen LogP contribution in [-0.4, -0.2) is 169 Å². The van der Waals surface area contributed by atoms with E-state index in [-0.39, 0.29) is 145 Å². The SMILES string of the molecule is CC(C)CC(NC(C)C)C(=O)OC(C)C.CC(C)C[C@@H](NC(C)C)C(=O)OC(C)C.CC(C)C[C@H](NC(C)C)C(=O)OC(C)C.CC(C)NC(C(=O)OC(C)C)C(C)C.CC(C)NC(C)(C)C(=O)OC1CCCCC1.CC(C)N[C@@H](C(=O)OC(C)C)C(C)C.CC(C)N[C@H](C(=O)OC(C)C)C(C)C. The Labute approximate surface area is 633 Å². The third kappa shape index (κ3) is 68.3. The van der Waals surface area contributed by atoms with Crippen LogP contribution in [0, 0.1) is 35.5 Å². The van der Waals surface area contributed by atoms with E-state index in [0.29, 0.717) is 54.0 Å².